The highest BCUT2D eigenvalue weighted by Gasteiger charge is 2.44. The summed E-state index contributed by atoms with van der Waals surface area (Å²) < 4.78 is 0. The van der Waals surface area contributed by atoms with E-state index >= 15 is 0 Å². The summed E-state index contributed by atoms with van der Waals surface area (Å²) in [5.41, 5.74) is 1.16. The summed E-state index contributed by atoms with van der Waals surface area (Å²) in [7, 11) is 0. The van der Waals surface area contributed by atoms with Crippen molar-refractivity contribution in [3.63, 3.8) is 0 Å². The smallest absolute Gasteiger partial charge is 0.137 e. The van der Waals surface area contributed by atoms with E-state index in [1.165, 1.54) is 6.42 Å². The number of carbonyl (C=O) groups excluding carboxylic acids is 1. The van der Waals surface area contributed by atoms with Crippen molar-refractivity contribution in [3.05, 3.63) is 33.8 Å². The quantitative estimate of drug-likeness (QED) is 0.906. The first-order valence-electron chi connectivity index (χ1n) is 7.34. The van der Waals surface area contributed by atoms with E-state index in [1.807, 2.05) is 25.1 Å². The number of halogens is 2. The lowest BCUT2D eigenvalue weighted by molar-refractivity contribution is -0.124. The van der Waals surface area contributed by atoms with Crippen LogP contribution in [0.5, 0.6) is 0 Å². The number of hydrogen-bond donors (Lipinski definition) is 1. The monoisotopic (exact) mass is 311 g/mol. The van der Waals surface area contributed by atoms with Crippen molar-refractivity contribution >= 4 is 29.0 Å². The Bertz CT molecular complexity index is 531. The molecule has 20 heavy (non-hydrogen) atoms. The summed E-state index contributed by atoms with van der Waals surface area (Å²) in [5.74, 6) is 0.714. The normalized spacial score (nSPS) is 32.4. The Balaban J connectivity index is 1.96. The van der Waals surface area contributed by atoms with Gasteiger partial charge >= 0.3 is 0 Å². The van der Waals surface area contributed by atoms with Crippen molar-refractivity contribution in [1.82, 2.24) is 5.32 Å². The van der Waals surface area contributed by atoms with E-state index in [0.717, 1.165) is 18.4 Å². The number of hydrogen-bond acceptors (Lipinski definition) is 2. The van der Waals surface area contributed by atoms with Crippen molar-refractivity contribution in [3.8, 4) is 0 Å². The van der Waals surface area contributed by atoms with Gasteiger partial charge in [0, 0.05) is 24.4 Å². The number of ketones is 1. The standard InChI is InChI=1S/C16H19Cl2NO/c1-2-15(20)16-11(8-10-4-6-14(16)19-10)9-3-5-12(17)13(18)7-9/h3,5,7,10-11,14,16,19H,2,4,6,8H2,1H3/t10?,11-,14+,16+/m1/s1. The van der Waals surface area contributed by atoms with E-state index < -0.39 is 0 Å². The molecule has 4 heteroatoms. The number of fused-ring (bicyclic) bond motifs is 2. The number of Topliss-reactive ketones (excluding diaryl/α,β-unsaturated/α-hetero) is 1. The molecule has 1 aromatic rings. The lowest BCUT2D eigenvalue weighted by atomic mass is 9.74. The minimum absolute atomic E-state index is 0.0796. The lowest BCUT2D eigenvalue weighted by Gasteiger charge is -2.37. The molecule has 2 aliphatic rings. The molecule has 2 aliphatic heterocycles. The van der Waals surface area contributed by atoms with Crippen LogP contribution in [0.1, 0.15) is 44.1 Å². The first-order valence-corrected chi connectivity index (χ1v) is 8.09. The molecule has 2 fully saturated rings. The molecular weight excluding hydrogens is 293 g/mol. The van der Waals surface area contributed by atoms with Crippen LogP contribution in [-0.2, 0) is 4.79 Å². The average molecular weight is 312 g/mol. The predicted octanol–water partition coefficient (Wildman–Crippen LogP) is 4.20. The number of carbonyl (C=O) groups is 1. The molecule has 1 unspecified atom stereocenters. The van der Waals surface area contributed by atoms with Crippen molar-refractivity contribution in [2.75, 3.05) is 0 Å². The van der Waals surface area contributed by atoms with Crippen LogP contribution in [0.25, 0.3) is 0 Å². The van der Waals surface area contributed by atoms with Crippen LogP contribution in [0.4, 0.5) is 0 Å². The third-order valence-electron chi connectivity index (χ3n) is 4.77. The van der Waals surface area contributed by atoms with Gasteiger partial charge in [0.25, 0.3) is 0 Å². The topological polar surface area (TPSA) is 29.1 Å². The fourth-order valence-electron chi connectivity index (χ4n) is 3.82. The van der Waals surface area contributed by atoms with Gasteiger partial charge in [0.05, 0.1) is 10.0 Å². The van der Waals surface area contributed by atoms with Gasteiger partial charge in [0.1, 0.15) is 5.78 Å². The molecule has 0 aromatic heterocycles. The summed E-state index contributed by atoms with van der Waals surface area (Å²) >= 11 is 12.2. The van der Waals surface area contributed by atoms with Gasteiger partial charge in [-0.05, 0) is 42.9 Å². The molecule has 2 nitrogen and oxygen atoms in total. The Kier molecular flexibility index (Phi) is 4.07. The molecule has 2 bridgehead atoms. The van der Waals surface area contributed by atoms with Crippen LogP contribution in [0.2, 0.25) is 10.0 Å². The first kappa shape index (κ1) is 14.4. The molecule has 1 N–H and O–H groups in total. The number of rotatable bonds is 3. The summed E-state index contributed by atoms with van der Waals surface area (Å²) in [5, 5.41) is 4.76. The molecule has 2 heterocycles. The molecule has 1 aromatic carbocycles. The minimum Gasteiger partial charge on any atom is -0.310 e. The second kappa shape index (κ2) is 5.67. The van der Waals surface area contributed by atoms with Crippen LogP contribution in [0, 0.1) is 5.92 Å². The molecule has 3 rings (SSSR count). The van der Waals surface area contributed by atoms with E-state index in [-0.39, 0.29) is 11.8 Å². The van der Waals surface area contributed by atoms with E-state index in [0.29, 0.717) is 34.3 Å². The maximum Gasteiger partial charge on any atom is 0.137 e. The second-order valence-corrected chi connectivity index (χ2v) is 6.72. The Morgan fingerprint density at radius 3 is 2.80 bits per heavy atom. The Hall–Kier alpha value is -0.570. The maximum atomic E-state index is 12.4. The molecule has 108 valence electrons. The molecule has 0 radical (unpaired) electrons. The van der Waals surface area contributed by atoms with Gasteiger partial charge in [-0.2, -0.15) is 0 Å². The van der Waals surface area contributed by atoms with Crippen molar-refractivity contribution in [2.45, 2.75) is 50.6 Å². The van der Waals surface area contributed by atoms with Crippen LogP contribution in [0.3, 0.4) is 0 Å². The lowest BCUT2D eigenvalue weighted by Crippen LogP contribution is -2.47. The largest absolute Gasteiger partial charge is 0.310 e. The van der Waals surface area contributed by atoms with Crippen molar-refractivity contribution < 1.29 is 4.79 Å². The van der Waals surface area contributed by atoms with Crippen LogP contribution >= 0.6 is 23.2 Å². The van der Waals surface area contributed by atoms with Crippen molar-refractivity contribution in [1.29, 1.82) is 0 Å². The van der Waals surface area contributed by atoms with Crippen LogP contribution < -0.4 is 5.32 Å². The van der Waals surface area contributed by atoms with Gasteiger partial charge in [-0.15, -0.1) is 0 Å². The highest BCUT2D eigenvalue weighted by molar-refractivity contribution is 6.42. The van der Waals surface area contributed by atoms with Gasteiger partial charge in [-0.3, -0.25) is 4.79 Å². The van der Waals surface area contributed by atoms with Crippen LogP contribution in [-0.4, -0.2) is 17.9 Å². The zero-order valence-electron chi connectivity index (χ0n) is 11.5. The van der Waals surface area contributed by atoms with Crippen LogP contribution in [0.15, 0.2) is 18.2 Å². The van der Waals surface area contributed by atoms with E-state index in [9.17, 15) is 4.79 Å². The van der Waals surface area contributed by atoms with Gasteiger partial charge < -0.3 is 5.32 Å². The molecule has 0 aliphatic carbocycles. The highest BCUT2D eigenvalue weighted by Crippen LogP contribution is 2.43. The first-order chi connectivity index (χ1) is 9.60. The summed E-state index contributed by atoms with van der Waals surface area (Å²) in [6.45, 7) is 1.95. The maximum absolute atomic E-state index is 12.4. The highest BCUT2D eigenvalue weighted by atomic mass is 35.5. The average Bonchev–Trinajstić information content (AvgIpc) is 2.82. The summed E-state index contributed by atoms with van der Waals surface area (Å²) in [6.07, 6.45) is 3.91. The van der Waals surface area contributed by atoms with E-state index in [1.54, 1.807) is 0 Å². The Morgan fingerprint density at radius 2 is 2.10 bits per heavy atom. The fourth-order valence-corrected chi connectivity index (χ4v) is 4.13. The minimum atomic E-state index is 0.0796. The van der Waals surface area contributed by atoms with Gasteiger partial charge in [-0.25, -0.2) is 0 Å². The molecular formula is C16H19Cl2NO. The zero-order valence-corrected chi connectivity index (χ0v) is 13.0. The Morgan fingerprint density at radius 1 is 1.30 bits per heavy atom. The Labute approximate surface area is 129 Å². The third kappa shape index (κ3) is 2.49. The summed E-state index contributed by atoms with van der Waals surface area (Å²) in [6, 6.07) is 6.69. The van der Waals surface area contributed by atoms with Gasteiger partial charge in [-0.1, -0.05) is 36.2 Å². The molecule has 2 saturated heterocycles. The van der Waals surface area contributed by atoms with Crippen molar-refractivity contribution in [2.24, 2.45) is 5.92 Å². The zero-order chi connectivity index (χ0) is 14.3. The fraction of sp³-hybridized carbons (Fsp3) is 0.562. The number of nitrogens with one attached hydrogen (secondary N) is 1. The number of benzene rings is 1. The van der Waals surface area contributed by atoms with Gasteiger partial charge in [0.15, 0.2) is 0 Å². The number of piperidine rings is 1. The van der Waals surface area contributed by atoms with E-state index in [2.05, 4.69) is 5.32 Å². The van der Waals surface area contributed by atoms with Gasteiger partial charge in [0.2, 0.25) is 0 Å². The molecule has 0 saturated carbocycles. The third-order valence-corrected chi connectivity index (χ3v) is 5.51. The second-order valence-electron chi connectivity index (χ2n) is 5.91. The predicted molar refractivity (Wildman–Crippen MR) is 82.6 cm³/mol. The molecule has 4 atom stereocenters. The van der Waals surface area contributed by atoms with E-state index in [4.69, 9.17) is 23.2 Å². The SMILES string of the molecule is CCC(=O)[C@@H]1[C@@H]2CCC(C[C@@H]1c1ccc(Cl)c(Cl)c1)N2. The molecule has 0 amide bonds. The molecule has 0 spiro atoms. The summed E-state index contributed by atoms with van der Waals surface area (Å²) in [4.78, 5) is 12.4.